The first kappa shape index (κ1) is 31.9. The van der Waals surface area contributed by atoms with Crippen molar-refractivity contribution >= 4 is 40.7 Å². The number of nitriles is 1. The number of methoxy groups -OCH3 is 1. The van der Waals surface area contributed by atoms with Crippen molar-refractivity contribution in [3.05, 3.63) is 86.0 Å². The van der Waals surface area contributed by atoms with E-state index >= 15 is 0 Å². The first-order valence-electron chi connectivity index (χ1n) is 13.9. The minimum atomic E-state index is -0.833. The van der Waals surface area contributed by atoms with Crippen LogP contribution in [0.2, 0.25) is 15.1 Å². The van der Waals surface area contributed by atoms with Crippen molar-refractivity contribution in [1.29, 1.82) is 5.26 Å². The van der Waals surface area contributed by atoms with Crippen molar-refractivity contribution in [1.82, 2.24) is 9.88 Å². The van der Waals surface area contributed by atoms with Gasteiger partial charge in [-0.05, 0) is 79.5 Å². The highest BCUT2D eigenvalue weighted by atomic mass is 35.5. The molecule has 0 aliphatic heterocycles. The SMILES string of the molecule is COCCCc1ccc(Cl)c(CN(C(=O)C(C#N)Cc2ccc(OCCOc3c(Cl)cc(C)cc3Cl)nc2)C2CC2)c1. The number of hydrogen-bond acceptors (Lipinski definition) is 6. The summed E-state index contributed by atoms with van der Waals surface area (Å²) < 4.78 is 16.5. The largest absolute Gasteiger partial charge is 0.487 e. The Bertz CT molecular complexity index is 1380. The molecule has 1 atom stereocenters. The topological polar surface area (TPSA) is 84.7 Å². The molecule has 1 aromatic heterocycles. The van der Waals surface area contributed by atoms with Gasteiger partial charge in [0.05, 0.1) is 16.1 Å². The summed E-state index contributed by atoms with van der Waals surface area (Å²) >= 11 is 19.0. The minimum absolute atomic E-state index is 0.127. The Hall–Kier alpha value is -3.02. The number of pyridine rings is 1. The van der Waals surface area contributed by atoms with Gasteiger partial charge in [-0.3, -0.25) is 4.79 Å². The molecule has 3 aromatic rings. The van der Waals surface area contributed by atoms with Crippen LogP contribution < -0.4 is 9.47 Å². The molecule has 0 bridgehead atoms. The summed E-state index contributed by atoms with van der Waals surface area (Å²) in [6, 6.07) is 15.4. The fraction of sp³-hybridized carbons (Fsp3) is 0.406. The number of hydrogen-bond donors (Lipinski definition) is 0. The van der Waals surface area contributed by atoms with E-state index < -0.39 is 5.92 Å². The zero-order valence-electron chi connectivity index (χ0n) is 23.7. The fourth-order valence-corrected chi connectivity index (χ4v) is 5.52. The van der Waals surface area contributed by atoms with E-state index in [-0.39, 0.29) is 31.6 Å². The number of carbonyl (C=O) groups excluding carboxylic acids is 1. The first-order valence-corrected chi connectivity index (χ1v) is 15.0. The fourth-order valence-electron chi connectivity index (χ4n) is 4.64. The molecular formula is C32H34Cl3N3O4. The van der Waals surface area contributed by atoms with Crippen LogP contribution in [0.15, 0.2) is 48.7 Å². The Labute approximate surface area is 262 Å². The quantitative estimate of drug-likeness (QED) is 0.164. The van der Waals surface area contributed by atoms with Gasteiger partial charge in [0.2, 0.25) is 11.8 Å². The van der Waals surface area contributed by atoms with E-state index in [9.17, 15) is 10.1 Å². The maximum atomic E-state index is 13.6. The Balaban J connectivity index is 1.32. The molecule has 1 amide bonds. The van der Waals surface area contributed by atoms with Crippen LogP contribution in [-0.4, -0.2) is 48.8 Å². The highest BCUT2D eigenvalue weighted by molar-refractivity contribution is 6.37. The lowest BCUT2D eigenvalue weighted by Gasteiger charge is -2.25. The molecule has 2 aromatic carbocycles. The van der Waals surface area contributed by atoms with Crippen molar-refractivity contribution < 1.29 is 19.0 Å². The molecule has 1 aliphatic rings. The van der Waals surface area contributed by atoms with Crippen LogP contribution in [0.4, 0.5) is 0 Å². The van der Waals surface area contributed by atoms with Crippen LogP contribution in [0.25, 0.3) is 0 Å². The molecule has 1 unspecified atom stereocenters. The summed E-state index contributed by atoms with van der Waals surface area (Å²) in [6.07, 6.45) is 5.50. The third kappa shape index (κ3) is 8.99. The van der Waals surface area contributed by atoms with Crippen molar-refractivity contribution in [2.75, 3.05) is 26.9 Å². The van der Waals surface area contributed by atoms with Crippen LogP contribution in [0.1, 0.15) is 41.5 Å². The van der Waals surface area contributed by atoms with Gasteiger partial charge in [0.15, 0.2) is 5.75 Å². The highest BCUT2D eigenvalue weighted by Crippen LogP contribution is 2.34. The molecule has 7 nitrogen and oxygen atoms in total. The van der Waals surface area contributed by atoms with Gasteiger partial charge in [0, 0.05) is 43.6 Å². The van der Waals surface area contributed by atoms with Crippen LogP contribution >= 0.6 is 34.8 Å². The second-order valence-electron chi connectivity index (χ2n) is 10.4. The zero-order chi connectivity index (χ0) is 30.1. The molecule has 10 heteroatoms. The van der Waals surface area contributed by atoms with E-state index in [2.05, 4.69) is 17.1 Å². The van der Waals surface area contributed by atoms with E-state index in [1.807, 2.05) is 30.0 Å². The third-order valence-electron chi connectivity index (χ3n) is 6.95. The standard InChI is InChI=1S/C32H34Cl3N3O4/c1-21-14-28(34)31(29(35)15-21)42-13-12-41-30-10-6-23(19-37-30)17-24(18-36)32(39)38(26-7-8-26)20-25-16-22(4-3-11-40-2)5-9-27(25)33/h5-6,9-10,14-16,19,24,26H,3-4,7-8,11-13,17,20H2,1-2H3. The van der Waals surface area contributed by atoms with E-state index in [0.29, 0.717) is 39.8 Å². The predicted molar refractivity (Wildman–Crippen MR) is 164 cm³/mol. The van der Waals surface area contributed by atoms with E-state index in [1.165, 1.54) is 0 Å². The monoisotopic (exact) mass is 629 g/mol. The number of benzene rings is 2. The normalized spacial score (nSPS) is 13.3. The van der Waals surface area contributed by atoms with Crippen molar-refractivity contribution in [2.45, 2.75) is 51.6 Å². The lowest BCUT2D eigenvalue weighted by molar-refractivity contribution is -0.135. The zero-order valence-corrected chi connectivity index (χ0v) is 26.0. The molecule has 0 saturated heterocycles. The van der Waals surface area contributed by atoms with Gasteiger partial charge in [-0.1, -0.05) is 53.0 Å². The molecule has 1 aliphatic carbocycles. The average molecular weight is 631 g/mol. The van der Waals surface area contributed by atoms with Gasteiger partial charge in [-0.25, -0.2) is 4.98 Å². The summed E-state index contributed by atoms with van der Waals surface area (Å²) in [7, 11) is 1.69. The van der Waals surface area contributed by atoms with E-state index in [1.54, 1.807) is 31.5 Å². The number of carbonyl (C=O) groups is 1. The molecule has 0 N–H and O–H groups in total. The molecule has 1 fully saturated rings. The molecule has 0 spiro atoms. The Morgan fingerprint density at radius 3 is 2.38 bits per heavy atom. The Kier molecular flexibility index (Phi) is 11.7. The summed E-state index contributed by atoms with van der Waals surface area (Å²) in [5, 5.41) is 11.4. The summed E-state index contributed by atoms with van der Waals surface area (Å²) in [5.74, 6) is -0.199. The van der Waals surface area contributed by atoms with Gasteiger partial charge in [-0.15, -0.1) is 0 Å². The maximum absolute atomic E-state index is 13.6. The molecule has 4 rings (SSSR count). The minimum Gasteiger partial charge on any atom is -0.487 e. The lowest BCUT2D eigenvalue weighted by Crippen LogP contribution is -2.38. The summed E-state index contributed by atoms with van der Waals surface area (Å²) in [5.41, 5.74) is 3.75. The number of aromatic nitrogens is 1. The highest BCUT2D eigenvalue weighted by Gasteiger charge is 2.36. The smallest absolute Gasteiger partial charge is 0.240 e. The Morgan fingerprint density at radius 1 is 1.02 bits per heavy atom. The third-order valence-corrected chi connectivity index (χ3v) is 7.88. The van der Waals surface area contributed by atoms with Crippen molar-refractivity contribution in [2.24, 2.45) is 5.92 Å². The molecule has 222 valence electrons. The first-order chi connectivity index (χ1) is 20.3. The maximum Gasteiger partial charge on any atom is 0.240 e. The van der Waals surface area contributed by atoms with E-state index in [4.69, 9.17) is 49.0 Å². The van der Waals surface area contributed by atoms with Crippen LogP contribution in [0.5, 0.6) is 11.6 Å². The number of rotatable bonds is 15. The number of nitrogens with zero attached hydrogens (tertiary/aromatic N) is 3. The van der Waals surface area contributed by atoms with Crippen LogP contribution in [0, 0.1) is 24.2 Å². The second kappa shape index (κ2) is 15.5. The molecular weight excluding hydrogens is 597 g/mol. The molecule has 42 heavy (non-hydrogen) atoms. The van der Waals surface area contributed by atoms with Gasteiger partial charge < -0.3 is 19.1 Å². The van der Waals surface area contributed by atoms with Gasteiger partial charge in [-0.2, -0.15) is 5.26 Å². The number of ether oxygens (including phenoxy) is 3. The lowest BCUT2D eigenvalue weighted by atomic mass is 9.99. The predicted octanol–water partition coefficient (Wildman–Crippen LogP) is 7.26. The average Bonchev–Trinajstić information content (AvgIpc) is 3.81. The summed E-state index contributed by atoms with van der Waals surface area (Å²) in [6.45, 7) is 3.43. The van der Waals surface area contributed by atoms with Gasteiger partial charge >= 0.3 is 0 Å². The van der Waals surface area contributed by atoms with Crippen molar-refractivity contribution in [3.63, 3.8) is 0 Å². The second-order valence-corrected chi connectivity index (χ2v) is 11.6. The number of aryl methyl sites for hydroxylation is 2. The molecule has 0 radical (unpaired) electrons. The number of amides is 1. The Morgan fingerprint density at radius 2 is 1.74 bits per heavy atom. The van der Waals surface area contributed by atoms with Crippen LogP contribution in [-0.2, 0) is 28.9 Å². The van der Waals surface area contributed by atoms with E-state index in [0.717, 1.165) is 47.9 Å². The van der Waals surface area contributed by atoms with Gasteiger partial charge in [0.25, 0.3) is 0 Å². The molecule has 1 heterocycles. The van der Waals surface area contributed by atoms with Crippen molar-refractivity contribution in [3.8, 4) is 17.7 Å². The summed E-state index contributed by atoms with van der Waals surface area (Å²) in [4.78, 5) is 19.7. The van der Waals surface area contributed by atoms with Gasteiger partial charge in [0.1, 0.15) is 19.1 Å². The number of halogens is 3. The molecule has 1 saturated carbocycles. The van der Waals surface area contributed by atoms with Crippen LogP contribution in [0.3, 0.4) is 0 Å².